The lowest BCUT2D eigenvalue weighted by Gasteiger charge is -2.24. The first kappa shape index (κ1) is 23.8. The monoisotopic (exact) mass is 460 g/mol. The Morgan fingerprint density at radius 3 is 1.91 bits per heavy atom. The lowest BCUT2D eigenvalue weighted by Crippen LogP contribution is -2.33. The maximum absolute atomic E-state index is 13.7. The van der Waals surface area contributed by atoms with Gasteiger partial charge in [0.05, 0.1) is 18.7 Å². The van der Waals surface area contributed by atoms with E-state index < -0.39 is 5.92 Å². The number of hydrazone groups is 1. The van der Waals surface area contributed by atoms with Gasteiger partial charge in [0.1, 0.15) is 0 Å². The summed E-state index contributed by atoms with van der Waals surface area (Å²) in [5, 5.41) is 5.96. The fraction of sp³-hybridized carbons (Fsp3) is 0.129. The summed E-state index contributed by atoms with van der Waals surface area (Å²) in [6.07, 6.45) is 1.66. The zero-order chi connectivity index (χ0) is 24.6. The Balaban J connectivity index is 1.75. The largest absolute Gasteiger partial charge is 0.293 e. The molecule has 0 aliphatic rings. The summed E-state index contributed by atoms with van der Waals surface area (Å²) in [6.45, 7) is 4.19. The van der Waals surface area contributed by atoms with Gasteiger partial charge >= 0.3 is 0 Å². The molecule has 35 heavy (non-hydrogen) atoms. The van der Waals surface area contributed by atoms with Crippen molar-refractivity contribution in [3.8, 4) is 0 Å². The number of rotatable bonds is 8. The number of ketones is 1. The average Bonchev–Trinajstić information content (AvgIpc) is 2.91. The van der Waals surface area contributed by atoms with Gasteiger partial charge in [-0.3, -0.25) is 9.59 Å². The van der Waals surface area contributed by atoms with E-state index in [1.54, 1.807) is 18.3 Å². The van der Waals surface area contributed by atoms with E-state index in [9.17, 15) is 9.59 Å². The molecule has 1 unspecified atom stereocenters. The highest BCUT2D eigenvalue weighted by molar-refractivity contribution is 6.02. The van der Waals surface area contributed by atoms with Crippen molar-refractivity contribution in [1.29, 1.82) is 0 Å². The van der Waals surface area contributed by atoms with Gasteiger partial charge in [-0.25, -0.2) is 5.01 Å². The van der Waals surface area contributed by atoms with Gasteiger partial charge in [0.2, 0.25) is 0 Å². The summed E-state index contributed by atoms with van der Waals surface area (Å²) in [5.41, 5.74) is 5.11. The van der Waals surface area contributed by atoms with E-state index in [0.717, 1.165) is 22.3 Å². The molecule has 174 valence electrons. The van der Waals surface area contributed by atoms with E-state index in [-0.39, 0.29) is 18.2 Å². The van der Waals surface area contributed by atoms with Crippen molar-refractivity contribution >= 4 is 17.9 Å². The second-order valence-corrected chi connectivity index (χ2v) is 8.54. The molecule has 4 heteroatoms. The summed E-state index contributed by atoms with van der Waals surface area (Å²) in [7, 11) is 0. The number of carbonyl (C=O) groups is 2. The summed E-state index contributed by atoms with van der Waals surface area (Å²) in [5.74, 6) is -0.876. The molecule has 0 bridgehead atoms. The van der Waals surface area contributed by atoms with Gasteiger partial charge in [-0.15, -0.1) is 0 Å². The molecule has 0 radical (unpaired) electrons. The summed E-state index contributed by atoms with van der Waals surface area (Å²) in [6, 6.07) is 33.9. The van der Waals surface area contributed by atoms with Crippen LogP contribution in [-0.4, -0.2) is 29.5 Å². The van der Waals surface area contributed by atoms with Crippen molar-refractivity contribution in [2.75, 3.05) is 6.54 Å². The molecular formula is C31H28N2O2. The Hall–Kier alpha value is -4.31. The topological polar surface area (TPSA) is 49.7 Å². The van der Waals surface area contributed by atoms with Crippen LogP contribution in [0.15, 0.2) is 114 Å². The average molecular weight is 461 g/mol. The zero-order valence-electron chi connectivity index (χ0n) is 20.0. The molecule has 4 aromatic rings. The van der Waals surface area contributed by atoms with Crippen molar-refractivity contribution in [3.63, 3.8) is 0 Å². The van der Waals surface area contributed by atoms with Crippen LogP contribution >= 0.6 is 0 Å². The van der Waals surface area contributed by atoms with Gasteiger partial charge in [0, 0.05) is 11.1 Å². The molecule has 0 aromatic heterocycles. The Labute approximate surface area is 206 Å². The third-order valence-electron chi connectivity index (χ3n) is 6.06. The van der Waals surface area contributed by atoms with E-state index in [4.69, 9.17) is 0 Å². The molecule has 0 aliphatic carbocycles. The maximum atomic E-state index is 13.7. The van der Waals surface area contributed by atoms with Crippen LogP contribution in [-0.2, 0) is 0 Å². The first-order valence-corrected chi connectivity index (χ1v) is 11.7. The number of amides is 1. The van der Waals surface area contributed by atoms with Crippen LogP contribution in [0.25, 0.3) is 0 Å². The molecule has 1 atom stereocenters. The van der Waals surface area contributed by atoms with Gasteiger partial charge in [-0.1, -0.05) is 97.1 Å². The molecule has 1 amide bonds. The summed E-state index contributed by atoms with van der Waals surface area (Å²) in [4.78, 5) is 27.2. The first-order chi connectivity index (χ1) is 17.0. The molecule has 0 spiro atoms. The number of hydrogen-bond donors (Lipinski definition) is 0. The zero-order valence-corrected chi connectivity index (χ0v) is 20.0. The van der Waals surface area contributed by atoms with Crippen molar-refractivity contribution in [2.45, 2.75) is 19.8 Å². The van der Waals surface area contributed by atoms with Gasteiger partial charge < -0.3 is 0 Å². The predicted octanol–water partition coefficient (Wildman–Crippen LogP) is 6.45. The fourth-order valence-corrected chi connectivity index (χ4v) is 3.89. The molecule has 0 saturated carbocycles. The second kappa shape index (κ2) is 11.2. The number of hydrogen-bond acceptors (Lipinski definition) is 3. The molecule has 0 N–H and O–H groups in total. The Kier molecular flexibility index (Phi) is 7.63. The molecule has 4 rings (SSSR count). The highest BCUT2D eigenvalue weighted by atomic mass is 16.2. The first-order valence-electron chi connectivity index (χ1n) is 11.7. The summed E-state index contributed by atoms with van der Waals surface area (Å²) < 4.78 is 0. The van der Waals surface area contributed by atoms with Gasteiger partial charge in [-0.2, -0.15) is 5.10 Å². The van der Waals surface area contributed by atoms with Crippen molar-refractivity contribution in [2.24, 2.45) is 5.10 Å². The van der Waals surface area contributed by atoms with Crippen LogP contribution in [0.1, 0.15) is 48.9 Å². The number of carbonyl (C=O) groups excluding carboxylic acids is 2. The Morgan fingerprint density at radius 2 is 1.31 bits per heavy atom. The number of aryl methyl sites for hydroxylation is 2. The van der Waals surface area contributed by atoms with Gasteiger partial charge in [0.25, 0.3) is 5.91 Å². The molecule has 0 fully saturated rings. The van der Waals surface area contributed by atoms with E-state index in [1.165, 1.54) is 5.01 Å². The minimum atomic E-state index is -0.572. The highest BCUT2D eigenvalue weighted by Gasteiger charge is 2.28. The van der Waals surface area contributed by atoms with Crippen LogP contribution in [0.2, 0.25) is 0 Å². The minimum absolute atomic E-state index is 0.0466. The minimum Gasteiger partial charge on any atom is -0.293 e. The predicted molar refractivity (Wildman–Crippen MR) is 141 cm³/mol. The molecule has 0 saturated heterocycles. The van der Waals surface area contributed by atoms with Crippen molar-refractivity contribution in [3.05, 3.63) is 143 Å². The van der Waals surface area contributed by atoms with Crippen LogP contribution in [0.3, 0.4) is 0 Å². The molecule has 0 heterocycles. The van der Waals surface area contributed by atoms with Crippen LogP contribution in [0.5, 0.6) is 0 Å². The van der Waals surface area contributed by atoms with Crippen molar-refractivity contribution in [1.82, 2.24) is 5.01 Å². The SMILES string of the molecule is Cc1ccc(C(CN(N=Cc2ccccc2)C(=O)c2ccccc2)C(=O)c2ccccc2)cc1C. The van der Waals surface area contributed by atoms with E-state index in [2.05, 4.69) is 5.10 Å². The van der Waals surface area contributed by atoms with E-state index in [0.29, 0.717) is 11.1 Å². The highest BCUT2D eigenvalue weighted by Crippen LogP contribution is 2.26. The summed E-state index contributed by atoms with van der Waals surface area (Å²) >= 11 is 0. The molecule has 4 aromatic carbocycles. The third kappa shape index (κ3) is 5.98. The number of Topliss-reactive ketones (excluding diaryl/α,β-unsaturated/α-hetero) is 1. The Bertz CT molecular complexity index is 1320. The van der Waals surface area contributed by atoms with Crippen LogP contribution in [0.4, 0.5) is 0 Å². The quantitative estimate of drug-likeness (QED) is 0.172. The molecule has 4 nitrogen and oxygen atoms in total. The number of benzene rings is 4. The van der Waals surface area contributed by atoms with Crippen LogP contribution < -0.4 is 0 Å². The smallest absolute Gasteiger partial charge is 0.273 e. The normalized spacial score (nSPS) is 11.8. The lowest BCUT2D eigenvalue weighted by molar-refractivity contribution is 0.0736. The standard InChI is InChI=1S/C31H28N2O2/c1-23-18-19-28(20-24(23)2)29(30(34)26-14-8-4-9-15-26)22-33(31(35)27-16-10-5-11-17-27)32-21-25-12-6-3-7-13-25/h3-21,29H,22H2,1-2H3. The fourth-order valence-electron chi connectivity index (χ4n) is 3.89. The van der Waals surface area contributed by atoms with E-state index >= 15 is 0 Å². The Morgan fingerprint density at radius 1 is 0.743 bits per heavy atom. The third-order valence-corrected chi connectivity index (χ3v) is 6.06. The maximum Gasteiger partial charge on any atom is 0.273 e. The van der Waals surface area contributed by atoms with E-state index in [1.807, 2.05) is 111 Å². The van der Waals surface area contributed by atoms with Gasteiger partial charge in [0.15, 0.2) is 5.78 Å². The van der Waals surface area contributed by atoms with Crippen molar-refractivity contribution < 1.29 is 9.59 Å². The second-order valence-electron chi connectivity index (χ2n) is 8.54. The molecule has 0 aliphatic heterocycles. The van der Waals surface area contributed by atoms with Gasteiger partial charge in [-0.05, 0) is 48.2 Å². The molecular weight excluding hydrogens is 432 g/mol. The lowest BCUT2D eigenvalue weighted by atomic mass is 9.88. The number of nitrogens with zero attached hydrogens (tertiary/aromatic N) is 2. The van der Waals surface area contributed by atoms with Crippen LogP contribution in [0, 0.1) is 13.8 Å².